The lowest BCUT2D eigenvalue weighted by molar-refractivity contribution is -0.0334. The summed E-state index contributed by atoms with van der Waals surface area (Å²) in [5.41, 5.74) is 6.24. The molecular weight excluding hydrogens is 224 g/mol. The van der Waals surface area contributed by atoms with Crippen molar-refractivity contribution in [2.75, 3.05) is 13.2 Å². The van der Waals surface area contributed by atoms with Crippen LogP contribution in [0.2, 0.25) is 0 Å². The predicted octanol–water partition coefficient (Wildman–Crippen LogP) is 2.44. The Morgan fingerprint density at radius 2 is 2.22 bits per heavy atom. The molecule has 3 nitrogen and oxygen atoms in total. The zero-order valence-electron chi connectivity index (χ0n) is 12.1. The lowest BCUT2D eigenvalue weighted by Gasteiger charge is -2.43. The fraction of sp³-hybridized carbons (Fsp3) is 1.00. The van der Waals surface area contributed by atoms with Crippen LogP contribution in [0.25, 0.3) is 0 Å². The third kappa shape index (κ3) is 3.46. The SMILES string of the molecule is CCCC1CC(CN)(NC2CCC(C)C2)CCO1. The molecule has 0 aromatic rings. The van der Waals surface area contributed by atoms with Gasteiger partial charge in [0.25, 0.3) is 0 Å². The first-order chi connectivity index (χ1) is 8.67. The summed E-state index contributed by atoms with van der Waals surface area (Å²) >= 11 is 0. The van der Waals surface area contributed by atoms with Crippen LogP contribution in [0, 0.1) is 5.92 Å². The topological polar surface area (TPSA) is 47.3 Å². The van der Waals surface area contributed by atoms with E-state index in [1.807, 2.05) is 0 Å². The van der Waals surface area contributed by atoms with Gasteiger partial charge in [-0.1, -0.05) is 20.3 Å². The second kappa shape index (κ2) is 6.36. The summed E-state index contributed by atoms with van der Waals surface area (Å²) in [5.74, 6) is 0.878. The fourth-order valence-electron chi connectivity index (χ4n) is 3.67. The molecule has 0 aromatic carbocycles. The summed E-state index contributed by atoms with van der Waals surface area (Å²) in [5, 5.41) is 3.89. The molecule has 1 saturated carbocycles. The maximum Gasteiger partial charge on any atom is 0.0593 e. The zero-order valence-corrected chi connectivity index (χ0v) is 12.1. The van der Waals surface area contributed by atoms with Crippen molar-refractivity contribution in [1.82, 2.24) is 5.32 Å². The summed E-state index contributed by atoms with van der Waals surface area (Å²) in [6, 6.07) is 0.684. The fourth-order valence-corrected chi connectivity index (χ4v) is 3.67. The number of hydrogen-bond donors (Lipinski definition) is 2. The standard InChI is InChI=1S/C15H30N2O/c1-3-4-14-10-15(11-16,7-8-18-14)17-13-6-5-12(2)9-13/h12-14,17H,3-11,16H2,1-2H3. The van der Waals surface area contributed by atoms with Crippen LogP contribution in [0.15, 0.2) is 0 Å². The minimum Gasteiger partial charge on any atom is -0.378 e. The predicted molar refractivity (Wildman–Crippen MR) is 75.6 cm³/mol. The molecule has 106 valence electrons. The quantitative estimate of drug-likeness (QED) is 0.792. The molecule has 3 N–H and O–H groups in total. The van der Waals surface area contributed by atoms with Crippen molar-refractivity contribution in [3.63, 3.8) is 0 Å². The van der Waals surface area contributed by atoms with Crippen molar-refractivity contribution in [3.05, 3.63) is 0 Å². The van der Waals surface area contributed by atoms with E-state index in [0.29, 0.717) is 12.1 Å². The van der Waals surface area contributed by atoms with Crippen LogP contribution in [0.3, 0.4) is 0 Å². The highest BCUT2D eigenvalue weighted by Gasteiger charge is 2.38. The lowest BCUT2D eigenvalue weighted by Crippen LogP contribution is -2.59. The summed E-state index contributed by atoms with van der Waals surface area (Å²) in [7, 11) is 0. The van der Waals surface area contributed by atoms with Gasteiger partial charge in [-0.15, -0.1) is 0 Å². The highest BCUT2D eigenvalue weighted by Crippen LogP contribution is 2.31. The summed E-state index contributed by atoms with van der Waals surface area (Å²) in [6.07, 6.45) is 8.97. The van der Waals surface area contributed by atoms with E-state index in [-0.39, 0.29) is 5.54 Å². The van der Waals surface area contributed by atoms with Crippen molar-refractivity contribution in [3.8, 4) is 0 Å². The molecule has 0 radical (unpaired) electrons. The second-order valence-electron chi connectivity index (χ2n) is 6.48. The third-order valence-corrected chi connectivity index (χ3v) is 4.76. The average Bonchev–Trinajstić information content (AvgIpc) is 2.75. The number of nitrogens with two attached hydrogens (primary N) is 1. The molecule has 2 rings (SSSR count). The van der Waals surface area contributed by atoms with Crippen LogP contribution >= 0.6 is 0 Å². The Hall–Kier alpha value is -0.120. The van der Waals surface area contributed by atoms with Crippen molar-refractivity contribution in [1.29, 1.82) is 0 Å². The minimum atomic E-state index is 0.146. The molecular formula is C15H30N2O. The monoisotopic (exact) mass is 254 g/mol. The van der Waals surface area contributed by atoms with E-state index >= 15 is 0 Å². The van der Waals surface area contributed by atoms with Crippen LogP contribution in [-0.4, -0.2) is 30.8 Å². The number of ether oxygens (including phenoxy) is 1. The molecule has 1 heterocycles. The normalized spacial score (nSPS) is 41.2. The molecule has 0 amide bonds. The summed E-state index contributed by atoms with van der Waals surface area (Å²) in [6.45, 7) is 6.22. The molecule has 4 atom stereocenters. The molecule has 0 bridgehead atoms. The van der Waals surface area contributed by atoms with E-state index in [1.54, 1.807) is 0 Å². The molecule has 3 heteroatoms. The molecule has 0 aromatic heterocycles. The van der Waals surface area contributed by atoms with Gasteiger partial charge in [-0.25, -0.2) is 0 Å². The van der Waals surface area contributed by atoms with Crippen LogP contribution in [0.1, 0.15) is 58.8 Å². The maximum atomic E-state index is 6.09. The molecule has 1 aliphatic heterocycles. The Labute approximate surface area is 112 Å². The second-order valence-corrected chi connectivity index (χ2v) is 6.48. The van der Waals surface area contributed by atoms with E-state index in [4.69, 9.17) is 10.5 Å². The van der Waals surface area contributed by atoms with Crippen LogP contribution in [0.4, 0.5) is 0 Å². The van der Waals surface area contributed by atoms with Crippen molar-refractivity contribution >= 4 is 0 Å². The van der Waals surface area contributed by atoms with E-state index < -0.39 is 0 Å². The number of rotatable bonds is 5. The Morgan fingerprint density at radius 1 is 1.39 bits per heavy atom. The smallest absolute Gasteiger partial charge is 0.0593 e. The number of hydrogen-bond acceptors (Lipinski definition) is 3. The van der Waals surface area contributed by atoms with Gasteiger partial charge in [0.2, 0.25) is 0 Å². The number of nitrogens with one attached hydrogen (secondary N) is 1. The molecule has 2 aliphatic rings. The third-order valence-electron chi connectivity index (χ3n) is 4.76. The first kappa shape index (κ1) is 14.3. The molecule has 1 saturated heterocycles. The Kier molecular flexibility index (Phi) is 5.05. The summed E-state index contributed by atoms with van der Waals surface area (Å²) < 4.78 is 5.87. The van der Waals surface area contributed by atoms with Crippen molar-refractivity contribution in [2.45, 2.75) is 76.5 Å². The molecule has 1 aliphatic carbocycles. The largest absolute Gasteiger partial charge is 0.378 e. The van der Waals surface area contributed by atoms with Gasteiger partial charge < -0.3 is 15.8 Å². The lowest BCUT2D eigenvalue weighted by atomic mass is 9.84. The minimum absolute atomic E-state index is 0.146. The highest BCUT2D eigenvalue weighted by molar-refractivity contribution is 4.97. The van der Waals surface area contributed by atoms with Crippen LogP contribution in [0.5, 0.6) is 0 Å². The van der Waals surface area contributed by atoms with Gasteiger partial charge in [-0.05, 0) is 44.4 Å². The van der Waals surface area contributed by atoms with Crippen LogP contribution in [-0.2, 0) is 4.74 Å². The first-order valence-electron chi connectivity index (χ1n) is 7.77. The van der Waals surface area contributed by atoms with Gasteiger partial charge in [0.05, 0.1) is 6.10 Å². The van der Waals surface area contributed by atoms with Crippen molar-refractivity contribution in [2.24, 2.45) is 11.7 Å². The first-order valence-corrected chi connectivity index (χ1v) is 7.77. The van der Waals surface area contributed by atoms with Gasteiger partial charge >= 0.3 is 0 Å². The van der Waals surface area contributed by atoms with Gasteiger partial charge in [0.15, 0.2) is 0 Å². The Morgan fingerprint density at radius 3 is 2.83 bits per heavy atom. The zero-order chi connectivity index (χ0) is 13.0. The Balaban J connectivity index is 1.92. The average molecular weight is 254 g/mol. The van der Waals surface area contributed by atoms with Gasteiger partial charge in [0, 0.05) is 24.7 Å². The van der Waals surface area contributed by atoms with E-state index in [9.17, 15) is 0 Å². The molecule has 18 heavy (non-hydrogen) atoms. The maximum absolute atomic E-state index is 6.09. The Bertz CT molecular complexity index is 257. The summed E-state index contributed by atoms with van der Waals surface area (Å²) in [4.78, 5) is 0. The van der Waals surface area contributed by atoms with Gasteiger partial charge in [-0.3, -0.25) is 0 Å². The highest BCUT2D eigenvalue weighted by atomic mass is 16.5. The van der Waals surface area contributed by atoms with E-state index in [2.05, 4.69) is 19.2 Å². The molecule has 0 spiro atoms. The van der Waals surface area contributed by atoms with Crippen molar-refractivity contribution < 1.29 is 4.74 Å². The molecule has 2 fully saturated rings. The van der Waals surface area contributed by atoms with Gasteiger partial charge in [-0.2, -0.15) is 0 Å². The van der Waals surface area contributed by atoms with E-state index in [1.165, 1.54) is 32.1 Å². The van der Waals surface area contributed by atoms with E-state index in [0.717, 1.165) is 31.9 Å². The van der Waals surface area contributed by atoms with Gasteiger partial charge in [0.1, 0.15) is 0 Å². The molecule has 4 unspecified atom stereocenters. The van der Waals surface area contributed by atoms with Crippen LogP contribution < -0.4 is 11.1 Å².